The van der Waals surface area contributed by atoms with E-state index in [2.05, 4.69) is 0 Å². The highest BCUT2D eigenvalue weighted by Gasteiger charge is 2.36. The summed E-state index contributed by atoms with van der Waals surface area (Å²) in [4.78, 5) is 22.7. The van der Waals surface area contributed by atoms with Crippen molar-refractivity contribution in [1.29, 1.82) is 0 Å². The van der Waals surface area contributed by atoms with Crippen molar-refractivity contribution >= 4 is 11.9 Å². The van der Waals surface area contributed by atoms with E-state index in [1.165, 1.54) is 0 Å². The topological polar surface area (TPSA) is 74.6 Å². The summed E-state index contributed by atoms with van der Waals surface area (Å²) in [6.45, 7) is 7.54. The van der Waals surface area contributed by atoms with Crippen LogP contribution in [0.4, 0.5) is 0 Å². The molecule has 0 aliphatic heterocycles. The van der Waals surface area contributed by atoms with Crippen molar-refractivity contribution in [2.24, 2.45) is 10.8 Å². The summed E-state index contributed by atoms with van der Waals surface area (Å²) in [5, 5.41) is 18.6. The average molecular weight is 300 g/mol. The molecule has 0 fully saturated rings. The Labute approximate surface area is 128 Å². The monoisotopic (exact) mass is 300 g/mol. The second kappa shape index (κ2) is 9.06. The summed E-state index contributed by atoms with van der Waals surface area (Å²) in [6.07, 6.45) is 7.19. The van der Waals surface area contributed by atoms with E-state index in [9.17, 15) is 14.7 Å². The Hall–Kier alpha value is -1.06. The molecule has 0 unspecified atom stereocenters. The maximum absolute atomic E-state index is 11.6. The summed E-state index contributed by atoms with van der Waals surface area (Å²) in [7, 11) is 0. The smallest absolute Gasteiger partial charge is 0.309 e. The summed E-state index contributed by atoms with van der Waals surface area (Å²) in [5.41, 5.74) is -1.26. The zero-order valence-corrected chi connectivity index (χ0v) is 14.1. The molecule has 0 saturated heterocycles. The fraction of sp³-hybridized carbons (Fsp3) is 0.882. The third-order valence-electron chi connectivity index (χ3n) is 4.45. The molecular formula is C17H32O4. The molecule has 0 aromatic carbocycles. The van der Waals surface area contributed by atoms with Gasteiger partial charge >= 0.3 is 11.9 Å². The van der Waals surface area contributed by atoms with Crippen LogP contribution in [-0.4, -0.2) is 22.2 Å². The molecule has 0 aromatic heterocycles. The quantitative estimate of drug-likeness (QED) is 0.511. The molecule has 0 spiro atoms. The number of hydrogen-bond acceptors (Lipinski definition) is 2. The first kappa shape index (κ1) is 19.9. The van der Waals surface area contributed by atoms with E-state index in [4.69, 9.17) is 5.11 Å². The number of hydrogen-bond donors (Lipinski definition) is 2. The van der Waals surface area contributed by atoms with Gasteiger partial charge in [-0.25, -0.2) is 0 Å². The van der Waals surface area contributed by atoms with Crippen LogP contribution in [0.2, 0.25) is 0 Å². The first-order valence-corrected chi connectivity index (χ1v) is 8.18. The van der Waals surface area contributed by atoms with Gasteiger partial charge in [0.05, 0.1) is 10.8 Å². The molecular weight excluding hydrogens is 268 g/mol. The summed E-state index contributed by atoms with van der Waals surface area (Å²) < 4.78 is 0. The minimum Gasteiger partial charge on any atom is -0.481 e. The molecule has 4 nitrogen and oxygen atoms in total. The molecule has 0 saturated carbocycles. The van der Waals surface area contributed by atoms with Crippen LogP contribution in [0.25, 0.3) is 0 Å². The maximum atomic E-state index is 11.6. The number of aliphatic carboxylic acids is 2. The molecule has 0 aliphatic rings. The van der Waals surface area contributed by atoms with Gasteiger partial charge < -0.3 is 10.2 Å². The summed E-state index contributed by atoms with van der Waals surface area (Å²) in [5.74, 6) is -1.43. The predicted molar refractivity (Wildman–Crippen MR) is 84.4 cm³/mol. The van der Waals surface area contributed by atoms with Crippen molar-refractivity contribution in [2.45, 2.75) is 85.5 Å². The molecule has 0 aliphatic carbocycles. The highest BCUT2D eigenvalue weighted by atomic mass is 16.4. The number of carbonyl (C=O) groups is 2. The normalized spacial score (nSPS) is 12.4. The Morgan fingerprint density at radius 2 is 1.24 bits per heavy atom. The Kier molecular flexibility index (Phi) is 8.60. The lowest BCUT2D eigenvalue weighted by molar-refractivity contribution is -0.150. The van der Waals surface area contributed by atoms with Crippen LogP contribution in [0.1, 0.15) is 85.5 Å². The lowest BCUT2D eigenvalue weighted by Crippen LogP contribution is -2.31. The highest BCUT2D eigenvalue weighted by Crippen LogP contribution is 2.36. The van der Waals surface area contributed by atoms with E-state index < -0.39 is 22.8 Å². The van der Waals surface area contributed by atoms with Gasteiger partial charge in [-0.1, -0.05) is 46.0 Å². The third-order valence-corrected chi connectivity index (χ3v) is 4.45. The minimum absolute atomic E-state index is 0.578. The average Bonchev–Trinajstić information content (AvgIpc) is 2.38. The second-order valence-electron chi connectivity index (χ2n) is 6.84. The molecule has 4 heteroatoms. The molecule has 0 amide bonds. The van der Waals surface area contributed by atoms with Gasteiger partial charge in [0.1, 0.15) is 0 Å². The van der Waals surface area contributed by atoms with Gasteiger partial charge in [-0.05, 0) is 39.5 Å². The maximum Gasteiger partial charge on any atom is 0.309 e. The minimum atomic E-state index is -0.764. The third kappa shape index (κ3) is 6.49. The van der Waals surface area contributed by atoms with Crippen LogP contribution in [0, 0.1) is 10.8 Å². The van der Waals surface area contributed by atoms with E-state index in [1.807, 2.05) is 13.8 Å². The van der Waals surface area contributed by atoms with Crippen molar-refractivity contribution in [3.8, 4) is 0 Å². The molecule has 124 valence electrons. The highest BCUT2D eigenvalue weighted by molar-refractivity contribution is 5.74. The lowest BCUT2D eigenvalue weighted by atomic mass is 9.75. The van der Waals surface area contributed by atoms with Crippen LogP contribution >= 0.6 is 0 Å². The second-order valence-corrected chi connectivity index (χ2v) is 6.84. The van der Waals surface area contributed by atoms with Crippen molar-refractivity contribution in [1.82, 2.24) is 0 Å². The van der Waals surface area contributed by atoms with Crippen LogP contribution in [0.15, 0.2) is 0 Å². The first-order chi connectivity index (χ1) is 9.72. The summed E-state index contributed by atoms with van der Waals surface area (Å²) in [6, 6.07) is 0. The standard InChI is InChI=1S/C17H32O4/c1-5-10-17(11-6-2,15(20)21)13-9-7-8-12-16(3,4)14(18)19/h5-13H2,1-4H3,(H,18,19)(H,20,21). The van der Waals surface area contributed by atoms with Crippen LogP contribution in [0.3, 0.4) is 0 Å². The SMILES string of the molecule is CCCC(CCC)(CCCCCC(C)(C)C(=O)O)C(=O)O. The van der Waals surface area contributed by atoms with Crippen LogP contribution in [-0.2, 0) is 9.59 Å². The van der Waals surface area contributed by atoms with Gasteiger partial charge in [-0.2, -0.15) is 0 Å². The molecule has 0 atom stereocenters. The Morgan fingerprint density at radius 3 is 1.62 bits per heavy atom. The van der Waals surface area contributed by atoms with Gasteiger partial charge in [0.2, 0.25) is 0 Å². The van der Waals surface area contributed by atoms with Gasteiger partial charge in [0, 0.05) is 0 Å². The van der Waals surface area contributed by atoms with Crippen LogP contribution in [0.5, 0.6) is 0 Å². The van der Waals surface area contributed by atoms with E-state index in [0.717, 1.165) is 44.9 Å². The number of unbranched alkanes of at least 4 members (excludes halogenated alkanes) is 2. The van der Waals surface area contributed by atoms with Gasteiger partial charge in [-0.3, -0.25) is 9.59 Å². The number of rotatable bonds is 12. The van der Waals surface area contributed by atoms with Crippen LogP contribution < -0.4 is 0 Å². The molecule has 0 radical (unpaired) electrons. The van der Waals surface area contributed by atoms with E-state index in [1.54, 1.807) is 13.8 Å². The Balaban J connectivity index is 4.32. The first-order valence-electron chi connectivity index (χ1n) is 8.18. The number of carboxylic acids is 2. The fourth-order valence-corrected chi connectivity index (χ4v) is 2.97. The van der Waals surface area contributed by atoms with Gasteiger partial charge in [0.25, 0.3) is 0 Å². The molecule has 0 aromatic rings. The molecule has 2 N–H and O–H groups in total. The van der Waals surface area contributed by atoms with Crippen molar-refractivity contribution in [3.05, 3.63) is 0 Å². The largest absolute Gasteiger partial charge is 0.481 e. The van der Waals surface area contributed by atoms with Gasteiger partial charge in [0.15, 0.2) is 0 Å². The van der Waals surface area contributed by atoms with E-state index in [-0.39, 0.29) is 0 Å². The van der Waals surface area contributed by atoms with E-state index >= 15 is 0 Å². The van der Waals surface area contributed by atoms with Crippen molar-refractivity contribution in [2.75, 3.05) is 0 Å². The molecule has 0 bridgehead atoms. The van der Waals surface area contributed by atoms with Crippen molar-refractivity contribution < 1.29 is 19.8 Å². The predicted octanol–water partition coefficient (Wildman–Crippen LogP) is 4.72. The number of carboxylic acid groups (broad SMARTS) is 2. The van der Waals surface area contributed by atoms with E-state index in [0.29, 0.717) is 12.8 Å². The van der Waals surface area contributed by atoms with Crippen molar-refractivity contribution in [3.63, 3.8) is 0 Å². The zero-order chi connectivity index (χ0) is 16.5. The molecule has 0 heterocycles. The molecule has 21 heavy (non-hydrogen) atoms. The summed E-state index contributed by atoms with van der Waals surface area (Å²) >= 11 is 0. The molecule has 0 rings (SSSR count). The Morgan fingerprint density at radius 1 is 0.762 bits per heavy atom. The fourth-order valence-electron chi connectivity index (χ4n) is 2.97. The van der Waals surface area contributed by atoms with Gasteiger partial charge in [-0.15, -0.1) is 0 Å². The zero-order valence-electron chi connectivity index (χ0n) is 14.1. The lowest BCUT2D eigenvalue weighted by Gasteiger charge is -2.29. The Bertz CT molecular complexity index is 328.